The van der Waals surface area contributed by atoms with E-state index in [-0.39, 0.29) is 37.7 Å². The molecule has 21 heteroatoms. The smallest absolute Gasteiger partial charge is 0.406 e. The summed E-state index contributed by atoms with van der Waals surface area (Å²) in [5, 5.41) is 5.33. The molecule has 1 atom stereocenters. The number of thiazole rings is 1. The van der Waals surface area contributed by atoms with Crippen LogP contribution in [0.3, 0.4) is 0 Å². The van der Waals surface area contributed by atoms with Crippen LogP contribution in [0.5, 0.6) is 11.5 Å². The van der Waals surface area contributed by atoms with E-state index in [0.29, 0.717) is 15.4 Å². The summed E-state index contributed by atoms with van der Waals surface area (Å²) >= 11 is 1.13. The van der Waals surface area contributed by atoms with Crippen molar-refractivity contribution in [2.24, 2.45) is 0 Å². The summed E-state index contributed by atoms with van der Waals surface area (Å²) in [6.45, 7) is -0.642. The van der Waals surface area contributed by atoms with Crippen LogP contribution < -0.4 is 25.0 Å². The zero-order valence-electron chi connectivity index (χ0n) is 24.4. The molecule has 2 aromatic heterocycles. The number of rotatable bonds is 9. The number of halogens is 6. The van der Waals surface area contributed by atoms with Gasteiger partial charge in [-0.1, -0.05) is 23.5 Å². The normalized spacial score (nSPS) is 16.1. The lowest BCUT2D eigenvalue weighted by molar-refractivity contribution is -0.275. The fraction of sp³-hybridized carbons (Fsp3) is 0.296. The molecule has 256 valence electrons. The van der Waals surface area contributed by atoms with E-state index in [4.69, 9.17) is 0 Å². The minimum atomic E-state index is -5.00. The molecule has 2 N–H and O–H groups in total. The van der Waals surface area contributed by atoms with Gasteiger partial charge >= 0.3 is 12.7 Å². The molecule has 48 heavy (non-hydrogen) atoms. The quantitative estimate of drug-likeness (QED) is 0.246. The molecule has 13 nitrogen and oxygen atoms in total. The second-order valence-corrected chi connectivity index (χ2v) is 12.9. The summed E-state index contributed by atoms with van der Waals surface area (Å²) < 4.78 is 112. The van der Waals surface area contributed by atoms with Crippen LogP contribution in [0.1, 0.15) is 16.2 Å². The van der Waals surface area contributed by atoms with Gasteiger partial charge in [0.25, 0.3) is 5.91 Å². The Balaban J connectivity index is 1.40. The van der Waals surface area contributed by atoms with Gasteiger partial charge in [0.05, 0.1) is 15.8 Å². The van der Waals surface area contributed by atoms with E-state index in [1.165, 1.54) is 25.4 Å². The highest BCUT2D eigenvalue weighted by Crippen LogP contribution is 2.32. The highest BCUT2D eigenvalue weighted by Gasteiger charge is 2.41. The minimum absolute atomic E-state index is 0.0362. The Labute approximate surface area is 271 Å². The molecule has 1 fully saturated rings. The Morgan fingerprint density at radius 2 is 1.54 bits per heavy atom. The summed E-state index contributed by atoms with van der Waals surface area (Å²) in [6, 6.07) is 6.74. The lowest BCUT2D eigenvalue weighted by Crippen LogP contribution is -2.60. The Kier molecular flexibility index (Phi) is 9.65. The average molecular weight is 720 g/mol. The molecule has 3 heterocycles. The first-order valence-electron chi connectivity index (χ1n) is 13.6. The molecule has 2 aromatic carbocycles. The number of nitrogens with one attached hydrogen (secondary N) is 2. The predicted molar refractivity (Wildman–Crippen MR) is 157 cm³/mol. The number of fused-ring (bicyclic) bond motifs is 1. The minimum Gasteiger partial charge on any atom is -0.406 e. The van der Waals surface area contributed by atoms with Crippen LogP contribution in [0.25, 0.3) is 10.3 Å². The number of hydrogen-bond donors (Lipinski definition) is 2. The van der Waals surface area contributed by atoms with E-state index in [2.05, 4.69) is 35.1 Å². The number of amides is 2. The van der Waals surface area contributed by atoms with Crippen molar-refractivity contribution in [1.82, 2.24) is 29.9 Å². The van der Waals surface area contributed by atoms with Gasteiger partial charge in [-0.05, 0) is 42.0 Å². The zero-order valence-corrected chi connectivity index (χ0v) is 26.0. The number of nitrogens with zero attached hydrogens (tertiary/aromatic N) is 5. The number of alkyl halides is 6. The van der Waals surface area contributed by atoms with E-state index in [1.807, 2.05) is 0 Å². The molecule has 5 rings (SSSR count). The van der Waals surface area contributed by atoms with Gasteiger partial charge in [0.2, 0.25) is 21.8 Å². The van der Waals surface area contributed by atoms with Crippen molar-refractivity contribution in [2.45, 2.75) is 30.2 Å². The molecule has 1 saturated heterocycles. The number of ether oxygens (including phenoxy) is 2. The first-order valence-corrected chi connectivity index (χ1v) is 15.9. The maximum atomic E-state index is 13.7. The number of sulfonamides is 1. The summed E-state index contributed by atoms with van der Waals surface area (Å²) in [4.78, 5) is 39.3. The molecule has 0 radical (unpaired) electrons. The molecular weight excluding hydrogens is 696 g/mol. The van der Waals surface area contributed by atoms with Crippen LogP contribution in [-0.2, 0) is 21.4 Å². The highest BCUT2D eigenvalue weighted by molar-refractivity contribution is 7.89. The Hall–Kier alpha value is -4.76. The summed E-state index contributed by atoms with van der Waals surface area (Å²) in [7, 11) is -3.06. The van der Waals surface area contributed by atoms with Gasteiger partial charge < -0.3 is 25.0 Å². The molecule has 0 unspecified atom stereocenters. The standard InChI is InChI=1S/C27H23F6N7O6S2/c1-34-24(42)22-35-13-20-21(37-22)38-25(47-20)39-10-11-40(48(43,44)18-8-6-17(7-9-18)46-27(31,32)33)19(14-39)23(41)36-12-15-2-4-16(5-3-15)45-26(28,29)30/h2-9,13,19H,10-12,14H2,1H3,(H,34,42)(H,36,41)/t19-/m1/s1. The Bertz CT molecular complexity index is 1910. The van der Waals surface area contributed by atoms with E-state index in [9.17, 15) is 44.3 Å². The fourth-order valence-electron chi connectivity index (χ4n) is 4.59. The van der Waals surface area contributed by atoms with Gasteiger partial charge in [0.15, 0.2) is 10.8 Å². The second-order valence-electron chi connectivity index (χ2n) is 9.96. The molecule has 4 aromatic rings. The van der Waals surface area contributed by atoms with E-state index in [1.54, 1.807) is 4.90 Å². The van der Waals surface area contributed by atoms with Crippen LogP contribution in [0.4, 0.5) is 31.5 Å². The maximum Gasteiger partial charge on any atom is 0.573 e. The highest BCUT2D eigenvalue weighted by atomic mass is 32.2. The fourth-order valence-corrected chi connectivity index (χ4v) is 7.07. The molecule has 1 aliphatic rings. The van der Waals surface area contributed by atoms with Crippen LogP contribution >= 0.6 is 11.3 Å². The molecule has 0 saturated carbocycles. The third kappa shape index (κ3) is 8.20. The maximum absolute atomic E-state index is 13.7. The van der Waals surface area contributed by atoms with Crippen LogP contribution in [0.15, 0.2) is 59.6 Å². The summed E-state index contributed by atoms with van der Waals surface area (Å²) in [5.74, 6) is -2.57. The third-order valence-corrected chi connectivity index (χ3v) is 9.72. The van der Waals surface area contributed by atoms with Crippen LogP contribution in [0.2, 0.25) is 0 Å². The molecule has 2 amide bonds. The number of benzene rings is 2. The van der Waals surface area contributed by atoms with Crippen molar-refractivity contribution in [1.29, 1.82) is 0 Å². The Morgan fingerprint density at radius 1 is 0.938 bits per heavy atom. The van der Waals surface area contributed by atoms with Crippen LogP contribution in [-0.4, -0.2) is 84.9 Å². The van der Waals surface area contributed by atoms with Crippen molar-refractivity contribution >= 4 is 48.7 Å². The van der Waals surface area contributed by atoms with Crippen molar-refractivity contribution in [2.75, 3.05) is 31.6 Å². The monoisotopic (exact) mass is 719 g/mol. The molecular formula is C27H23F6N7O6S2. The lowest BCUT2D eigenvalue weighted by Gasteiger charge is -2.39. The number of carbonyl (C=O) groups excluding carboxylic acids is 2. The van der Waals surface area contributed by atoms with E-state index in [0.717, 1.165) is 52.0 Å². The van der Waals surface area contributed by atoms with E-state index < -0.39 is 57.0 Å². The number of anilines is 1. The largest absolute Gasteiger partial charge is 0.573 e. The number of carbonyl (C=O) groups is 2. The number of piperazine rings is 1. The molecule has 0 spiro atoms. The van der Waals surface area contributed by atoms with Gasteiger partial charge in [-0.15, -0.1) is 26.3 Å². The van der Waals surface area contributed by atoms with Gasteiger partial charge in [-0.3, -0.25) is 9.59 Å². The predicted octanol–water partition coefficient (Wildman–Crippen LogP) is 3.44. The van der Waals surface area contributed by atoms with Crippen molar-refractivity contribution in [3.05, 3.63) is 66.1 Å². The molecule has 0 aliphatic carbocycles. The first-order chi connectivity index (χ1) is 22.5. The molecule has 0 bridgehead atoms. The first kappa shape index (κ1) is 34.6. The van der Waals surface area contributed by atoms with Gasteiger partial charge in [0, 0.05) is 33.2 Å². The molecule has 1 aliphatic heterocycles. The number of aromatic nitrogens is 3. The van der Waals surface area contributed by atoms with Crippen molar-refractivity contribution < 1.29 is 53.8 Å². The summed E-state index contributed by atoms with van der Waals surface area (Å²) in [6.07, 6.45) is -8.50. The van der Waals surface area contributed by atoms with Gasteiger partial charge in [0.1, 0.15) is 17.5 Å². The van der Waals surface area contributed by atoms with Gasteiger partial charge in [-0.2, -0.15) is 9.29 Å². The topological polar surface area (TPSA) is 156 Å². The zero-order chi connectivity index (χ0) is 34.9. The average Bonchev–Trinajstić information content (AvgIpc) is 3.46. The van der Waals surface area contributed by atoms with Crippen molar-refractivity contribution in [3.63, 3.8) is 0 Å². The Morgan fingerprint density at radius 3 is 2.12 bits per heavy atom. The van der Waals surface area contributed by atoms with Gasteiger partial charge in [-0.25, -0.2) is 18.4 Å². The van der Waals surface area contributed by atoms with Crippen molar-refractivity contribution in [3.8, 4) is 11.5 Å². The third-order valence-electron chi connectivity index (χ3n) is 6.76. The van der Waals surface area contributed by atoms with Crippen LogP contribution in [0, 0.1) is 0 Å². The second kappa shape index (κ2) is 13.4. The lowest BCUT2D eigenvalue weighted by atomic mass is 10.1. The summed E-state index contributed by atoms with van der Waals surface area (Å²) in [5.41, 5.74) is 0.565. The SMILES string of the molecule is CNC(=O)c1ncc2sc(N3CCN(S(=O)(=O)c4ccc(OC(F)(F)F)cc4)[C@@H](C(=O)NCc4ccc(OC(F)(F)F)cc4)C3)nc2n1. The number of hydrogen-bond acceptors (Lipinski definition) is 11. The van der Waals surface area contributed by atoms with E-state index >= 15 is 0 Å².